The Morgan fingerprint density at radius 2 is 1.83 bits per heavy atom. The highest BCUT2D eigenvalue weighted by molar-refractivity contribution is 5.21. The van der Waals surface area contributed by atoms with Gasteiger partial charge < -0.3 is 0 Å². The lowest BCUT2D eigenvalue weighted by Crippen LogP contribution is -2.17. The van der Waals surface area contributed by atoms with Gasteiger partial charge in [0.15, 0.2) is 0 Å². The van der Waals surface area contributed by atoms with Gasteiger partial charge in [-0.25, -0.2) is 13.2 Å². The number of rotatable bonds is 8. The quantitative estimate of drug-likeness (QED) is 0.659. The molecule has 0 N–H and O–H groups in total. The minimum Gasteiger partial charge on any atom is -0.269 e. The van der Waals surface area contributed by atoms with Crippen LogP contribution in [0.4, 0.5) is 13.2 Å². The second-order valence-corrected chi connectivity index (χ2v) is 6.80. The van der Waals surface area contributed by atoms with E-state index in [0.717, 1.165) is 36.4 Å². The van der Waals surface area contributed by atoms with Gasteiger partial charge in [0, 0.05) is 18.7 Å². The molecule has 1 aromatic heterocycles. The van der Waals surface area contributed by atoms with Gasteiger partial charge in [-0.3, -0.25) is 4.68 Å². The number of hydrogen-bond donors (Lipinski definition) is 0. The number of benzene rings is 1. The molecule has 5 heteroatoms. The third-order valence-corrected chi connectivity index (χ3v) is 4.00. The van der Waals surface area contributed by atoms with Gasteiger partial charge in [-0.05, 0) is 62.9 Å². The van der Waals surface area contributed by atoms with E-state index in [1.807, 2.05) is 10.7 Å². The van der Waals surface area contributed by atoms with Crippen molar-refractivity contribution in [3.05, 3.63) is 52.9 Å². The first-order valence-corrected chi connectivity index (χ1v) is 8.47. The number of hydrogen-bond acceptors (Lipinski definition) is 1. The van der Waals surface area contributed by atoms with Gasteiger partial charge in [0.2, 0.25) is 0 Å². The zero-order chi connectivity index (χ0) is 17.7. The predicted octanol–water partition coefficient (Wildman–Crippen LogP) is 5.04. The van der Waals surface area contributed by atoms with E-state index in [9.17, 15) is 13.2 Å². The van der Waals surface area contributed by atoms with Crippen LogP contribution in [-0.2, 0) is 25.8 Å². The van der Waals surface area contributed by atoms with Crippen LogP contribution in [0.3, 0.4) is 0 Å². The monoisotopic (exact) mass is 338 g/mol. The number of aryl methyl sites for hydroxylation is 4. The molecule has 0 spiro atoms. The first kappa shape index (κ1) is 18.6. The summed E-state index contributed by atoms with van der Waals surface area (Å²) in [5.41, 5.74) is 0.990. The molecule has 0 bridgehead atoms. The molecule has 2 nitrogen and oxygen atoms in total. The lowest BCUT2D eigenvalue weighted by atomic mass is 10.1. The summed E-state index contributed by atoms with van der Waals surface area (Å²) in [5.74, 6) is -0.841. The summed E-state index contributed by atoms with van der Waals surface area (Å²) in [4.78, 5) is 0. The van der Waals surface area contributed by atoms with Crippen molar-refractivity contribution in [1.29, 1.82) is 0 Å². The topological polar surface area (TPSA) is 17.8 Å². The zero-order valence-electron chi connectivity index (χ0n) is 14.6. The van der Waals surface area contributed by atoms with Crippen molar-refractivity contribution in [3.8, 4) is 0 Å². The average molecular weight is 338 g/mol. The SMILES string of the molecule is CCCc1cc(CCc2cc(F)ccc2F)n(CCC(C)(C)F)n1. The Morgan fingerprint density at radius 1 is 1.08 bits per heavy atom. The fourth-order valence-electron chi connectivity index (χ4n) is 2.66. The molecule has 1 heterocycles. The molecule has 0 atom stereocenters. The van der Waals surface area contributed by atoms with Crippen molar-refractivity contribution < 1.29 is 13.2 Å². The van der Waals surface area contributed by atoms with Crippen molar-refractivity contribution in [3.63, 3.8) is 0 Å². The van der Waals surface area contributed by atoms with E-state index < -0.39 is 17.3 Å². The third kappa shape index (κ3) is 5.39. The second-order valence-electron chi connectivity index (χ2n) is 6.80. The third-order valence-electron chi connectivity index (χ3n) is 4.00. The normalized spacial score (nSPS) is 11.9. The molecule has 0 aliphatic heterocycles. The highest BCUT2D eigenvalue weighted by Gasteiger charge is 2.17. The molecular weight excluding hydrogens is 313 g/mol. The summed E-state index contributed by atoms with van der Waals surface area (Å²) >= 11 is 0. The van der Waals surface area contributed by atoms with Gasteiger partial charge in [0.05, 0.1) is 5.69 Å². The van der Waals surface area contributed by atoms with E-state index in [1.165, 1.54) is 6.07 Å². The Bertz CT molecular complexity index is 672. The van der Waals surface area contributed by atoms with Crippen LogP contribution in [0.5, 0.6) is 0 Å². The summed E-state index contributed by atoms with van der Waals surface area (Å²) in [6.45, 7) is 5.65. The van der Waals surface area contributed by atoms with Gasteiger partial charge in [-0.15, -0.1) is 0 Å². The van der Waals surface area contributed by atoms with Crippen LogP contribution in [0.25, 0.3) is 0 Å². The van der Waals surface area contributed by atoms with Crippen molar-refractivity contribution >= 4 is 0 Å². The van der Waals surface area contributed by atoms with Gasteiger partial charge >= 0.3 is 0 Å². The average Bonchev–Trinajstić information content (AvgIpc) is 2.88. The molecule has 2 rings (SSSR count). The fourth-order valence-corrected chi connectivity index (χ4v) is 2.66. The molecule has 132 valence electrons. The fraction of sp³-hybridized carbons (Fsp3) is 0.526. The second kappa shape index (κ2) is 7.86. The molecule has 0 aliphatic rings. The van der Waals surface area contributed by atoms with Crippen molar-refractivity contribution in [1.82, 2.24) is 9.78 Å². The van der Waals surface area contributed by atoms with Gasteiger partial charge in [0.25, 0.3) is 0 Å². The molecule has 0 saturated carbocycles. The van der Waals surface area contributed by atoms with Crippen molar-refractivity contribution in [2.45, 2.75) is 65.1 Å². The van der Waals surface area contributed by atoms with Crippen LogP contribution in [0.1, 0.15) is 50.6 Å². The van der Waals surface area contributed by atoms with E-state index in [0.29, 0.717) is 31.4 Å². The Balaban J connectivity index is 2.13. The lowest BCUT2D eigenvalue weighted by Gasteiger charge is -2.15. The van der Waals surface area contributed by atoms with Crippen LogP contribution in [-0.4, -0.2) is 15.4 Å². The summed E-state index contributed by atoms with van der Waals surface area (Å²) < 4.78 is 42.6. The van der Waals surface area contributed by atoms with E-state index in [1.54, 1.807) is 13.8 Å². The first-order chi connectivity index (χ1) is 11.3. The molecule has 1 aromatic carbocycles. The Labute approximate surface area is 141 Å². The minimum atomic E-state index is -1.26. The van der Waals surface area contributed by atoms with Gasteiger partial charge in [0.1, 0.15) is 17.3 Å². The van der Waals surface area contributed by atoms with Crippen molar-refractivity contribution in [2.24, 2.45) is 0 Å². The van der Waals surface area contributed by atoms with E-state index >= 15 is 0 Å². The molecule has 0 aliphatic carbocycles. The number of halogens is 3. The van der Waals surface area contributed by atoms with E-state index in [-0.39, 0.29) is 0 Å². The van der Waals surface area contributed by atoms with Gasteiger partial charge in [-0.1, -0.05) is 13.3 Å². The summed E-state index contributed by atoms with van der Waals surface area (Å²) in [6.07, 6.45) is 3.13. The largest absolute Gasteiger partial charge is 0.269 e. The summed E-state index contributed by atoms with van der Waals surface area (Å²) in [6, 6.07) is 5.49. The summed E-state index contributed by atoms with van der Waals surface area (Å²) in [5, 5.41) is 4.54. The van der Waals surface area contributed by atoms with Gasteiger partial charge in [-0.2, -0.15) is 5.10 Å². The van der Waals surface area contributed by atoms with Crippen LogP contribution >= 0.6 is 0 Å². The molecule has 0 fully saturated rings. The smallest absolute Gasteiger partial charge is 0.126 e. The Hall–Kier alpha value is -1.78. The Kier molecular flexibility index (Phi) is 6.08. The molecular formula is C19H25F3N2. The minimum absolute atomic E-state index is 0.352. The van der Waals surface area contributed by atoms with Crippen LogP contribution in [0.15, 0.2) is 24.3 Å². The molecule has 0 saturated heterocycles. The maximum absolute atomic E-state index is 13.8. The van der Waals surface area contributed by atoms with Crippen LogP contribution in [0, 0.1) is 11.6 Å². The van der Waals surface area contributed by atoms with Crippen LogP contribution in [0.2, 0.25) is 0 Å². The summed E-state index contributed by atoms with van der Waals surface area (Å²) in [7, 11) is 0. The molecule has 0 unspecified atom stereocenters. The van der Waals surface area contributed by atoms with Crippen LogP contribution < -0.4 is 0 Å². The molecule has 2 aromatic rings. The Morgan fingerprint density at radius 3 is 2.50 bits per heavy atom. The molecule has 0 amide bonds. The maximum atomic E-state index is 13.8. The first-order valence-electron chi connectivity index (χ1n) is 8.47. The predicted molar refractivity (Wildman–Crippen MR) is 89.8 cm³/mol. The number of alkyl halides is 1. The molecule has 24 heavy (non-hydrogen) atoms. The van der Waals surface area contributed by atoms with Crippen molar-refractivity contribution in [2.75, 3.05) is 0 Å². The van der Waals surface area contributed by atoms with E-state index in [4.69, 9.17) is 0 Å². The molecule has 0 radical (unpaired) electrons. The standard InChI is InChI=1S/C19H25F3N2/c1-4-5-16-13-17(24(23-16)11-10-19(2,3)22)8-6-14-12-15(20)7-9-18(14)21/h7,9,12-13H,4-6,8,10-11H2,1-3H3. The number of nitrogens with zero attached hydrogens (tertiary/aromatic N) is 2. The van der Waals surface area contributed by atoms with E-state index in [2.05, 4.69) is 12.0 Å². The highest BCUT2D eigenvalue weighted by atomic mass is 19.1. The zero-order valence-corrected chi connectivity index (χ0v) is 14.6. The highest BCUT2D eigenvalue weighted by Crippen LogP contribution is 2.18. The lowest BCUT2D eigenvalue weighted by molar-refractivity contribution is 0.189. The maximum Gasteiger partial charge on any atom is 0.126 e. The number of aromatic nitrogens is 2.